The summed E-state index contributed by atoms with van der Waals surface area (Å²) in [6.07, 6.45) is 6.68. The highest BCUT2D eigenvalue weighted by atomic mass is 16.5. The molecule has 0 aromatic carbocycles. The average Bonchev–Trinajstić information content (AvgIpc) is 2.76. The lowest BCUT2D eigenvalue weighted by Crippen LogP contribution is -2.30. The minimum atomic E-state index is -0.393. The van der Waals surface area contributed by atoms with Crippen molar-refractivity contribution in [3.8, 4) is 0 Å². The Labute approximate surface area is 121 Å². The van der Waals surface area contributed by atoms with Gasteiger partial charge in [0.15, 0.2) is 0 Å². The molecule has 1 heterocycles. The molecule has 1 aromatic rings. The highest BCUT2D eigenvalue weighted by Crippen LogP contribution is 2.38. The molecule has 2 N–H and O–H groups in total. The SMILES string of the molecule is COC1(c2noc(C(N)C(C)(C)C)n2)CCCCCC1. The molecule has 1 fully saturated rings. The van der Waals surface area contributed by atoms with Crippen molar-refractivity contribution in [2.75, 3.05) is 7.11 Å². The molecular weight excluding hydrogens is 254 g/mol. The number of methoxy groups -OCH3 is 1. The van der Waals surface area contributed by atoms with Crippen molar-refractivity contribution in [3.63, 3.8) is 0 Å². The number of hydrogen-bond donors (Lipinski definition) is 1. The molecule has 0 bridgehead atoms. The maximum Gasteiger partial charge on any atom is 0.244 e. The summed E-state index contributed by atoms with van der Waals surface area (Å²) in [6.45, 7) is 6.21. The number of ether oxygens (including phenoxy) is 1. The monoisotopic (exact) mass is 281 g/mol. The van der Waals surface area contributed by atoms with Crippen LogP contribution in [0.4, 0.5) is 0 Å². The summed E-state index contributed by atoms with van der Waals surface area (Å²) in [5, 5.41) is 4.17. The number of rotatable bonds is 3. The molecular formula is C15H27N3O2. The summed E-state index contributed by atoms with van der Waals surface area (Å²) in [6, 6.07) is -0.261. The predicted molar refractivity (Wildman–Crippen MR) is 77.1 cm³/mol. The van der Waals surface area contributed by atoms with Crippen LogP contribution in [0.15, 0.2) is 4.52 Å². The van der Waals surface area contributed by atoms with Gasteiger partial charge in [0.25, 0.3) is 0 Å². The summed E-state index contributed by atoms with van der Waals surface area (Å²) in [5.74, 6) is 1.17. The molecule has 1 aromatic heterocycles. The Morgan fingerprint density at radius 2 is 1.80 bits per heavy atom. The molecule has 0 radical (unpaired) electrons. The summed E-state index contributed by atoms with van der Waals surface area (Å²) in [4.78, 5) is 4.56. The van der Waals surface area contributed by atoms with Crippen LogP contribution in [0.1, 0.15) is 77.1 Å². The highest BCUT2D eigenvalue weighted by molar-refractivity contribution is 5.05. The fourth-order valence-electron chi connectivity index (χ4n) is 2.74. The molecule has 20 heavy (non-hydrogen) atoms. The standard InChI is InChI=1S/C15H27N3O2/c1-14(2,3)11(16)12-17-13(18-20-12)15(19-4)9-7-5-6-8-10-15/h11H,5-10,16H2,1-4H3. The first-order chi connectivity index (χ1) is 9.39. The van der Waals surface area contributed by atoms with Crippen LogP contribution < -0.4 is 5.73 Å². The van der Waals surface area contributed by atoms with Crippen molar-refractivity contribution >= 4 is 0 Å². The van der Waals surface area contributed by atoms with E-state index in [9.17, 15) is 0 Å². The van der Waals surface area contributed by atoms with Crippen molar-refractivity contribution in [1.82, 2.24) is 10.1 Å². The predicted octanol–water partition coefficient (Wildman–Crippen LogP) is 3.31. The van der Waals surface area contributed by atoms with Gasteiger partial charge in [0, 0.05) is 7.11 Å². The maximum atomic E-state index is 6.19. The van der Waals surface area contributed by atoms with Gasteiger partial charge in [-0.2, -0.15) is 4.98 Å². The smallest absolute Gasteiger partial charge is 0.244 e. The van der Waals surface area contributed by atoms with Crippen molar-refractivity contribution in [1.29, 1.82) is 0 Å². The van der Waals surface area contributed by atoms with E-state index in [-0.39, 0.29) is 11.5 Å². The van der Waals surface area contributed by atoms with E-state index in [1.54, 1.807) is 7.11 Å². The first kappa shape index (κ1) is 15.4. The van der Waals surface area contributed by atoms with Crippen LogP contribution in [0.5, 0.6) is 0 Å². The third kappa shape index (κ3) is 3.04. The maximum absolute atomic E-state index is 6.19. The fourth-order valence-corrected chi connectivity index (χ4v) is 2.74. The van der Waals surface area contributed by atoms with Crippen LogP contribution >= 0.6 is 0 Å². The van der Waals surface area contributed by atoms with Gasteiger partial charge in [-0.1, -0.05) is 51.6 Å². The van der Waals surface area contributed by atoms with E-state index in [2.05, 4.69) is 30.9 Å². The molecule has 1 saturated carbocycles. The highest BCUT2D eigenvalue weighted by Gasteiger charge is 2.39. The molecule has 0 spiro atoms. The van der Waals surface area contributed by atoms with Gasteiger partial charge in [0.1, 0.15) is 5.60 Å². The zero-order chi connectivity index (χ0) is 14.8. The van der Waals surface area contributed by atoms with Crippen LogP contribution in [0.25, 0.3) is 0 Å². The molecule has 1 aliphatic carbocycles. The van der Waals surface area contributed by atoms with Crippen LogP contribution in [-0.2, 0) is 10.3 Å². The molecule has 0 saturated heterocycles. The first-order valence-electron chi connectivity index (χ1n) is 7.54. The third-order valence-corrected chi connectivity index (χ3v) is 4.35. The van der Waals surface area contributed by atoms with Crippen LogP contribution in [0.2, 0.25) is 0 Å². The average molecular weight is 281 g/mol. The Balaban J connectivity index is 2.25. The van der Waals surface area contributed by atoms with Crippen molar-refractivity contribution in [2.24, 2.45) is 11.1 Å². The Morgan fingerprint density at radius 3 is 2.30 bits per heavy atom. The van der Waals surface area contributed by atoms with Crippen LogP contribution in [0, 0.1) is 5.41 Å². The molecule has 0 amide bonds. The summed E-state index contributed by atoms with van der Waals surface area (Å²) in [5.41, 5.74) is 5.70. The molecule has 1 unspecified atom stereocenters. The van der Waals surface area contributed by atoms with Gasteiger partial charge in [-0.05, 0) is 18.3 Å². The normalized spacial score (nSPS) is 21.4. The minimum absolute atomic E-state index is 0.104. The second-order valence-corrected chi connectivity index (χ2v) is 6.91. The second kappa shape index (κ2) is 5.82. The molecule has 0 aliphatic heterocycles. The number of aromatic nitrogens is 2. The summed E-state index contributed by atoms with van der Waals surface area (Å²) in [7, 11) is 1.74. The van der Waals surface area contributed by atoms with Gasteiger partial charge in [0.05, 0.1) is 6.04 Å². The van der Waals surface area contributed by atoms with Crippen LogP contribution in [-0.4, -0.2) is 17.3 Å². The number of nitrogens with zero attached hydrogens (tertiary/aromatic N) is 2. The van der Waals surface area contributed by atoms with Gasteiger partial charge in [-0.15, -0.1) is 0 Å². The van der Waals surface area contributed by atoms with Gasteiger partial charge < -0.3 is 15.0 Å². The zero-order valence-corrected chi connectivity index (χ0v) is 13.1. The molecule has 5 heteroatoms. The molecule has 5 nitrogen and oxygen atoms in total. The quantitative estimate of drug-likeness (QED) is 0.860. The lowest BCUT2D eigenvalue weighted by atomic mass is 9.87. The van der Waals surface area contributed by atoms with Gasteiger partial charge in [0.2, 0.25) is 11.7 Å². The van der Waals surface area contributed by atoms with Gasteiger partial charge in [-0.3, -0.25) is 0 Å². The van der Waals surface area contributed by atoms with E-state index in [1.165, 1.54) is 12.8 Å². The Kier molecular flexibility index (Phi) is 4.49. The van der Waals surface area contributed by atoms with E-state index in [1.807, 2.05) is 0 Å². The van der Waals surface area contributed by atoms with E-state index in [0.717, 1.165) is 25.7 Å². The Bertz CT molecular complexity index is 429. The summed E-state index contributed by atoms with van der Waals surface area (Å²) < 4.78 is 11.2. The van der Waals surface area contributed by atoms with Gasteiger partial charge in [-0.25, -0.2) is 0 Å². The number of nitrogens with two attached hydrogens (primary N) is 1. The second-order valence-electron chi connectivity index (χ2n) is 6.91. The van der Waals surface area contributed by atoms with E-state index < -0.39 is 5.60 Å². The lowest BCUT2D eigenvalue weighted by molar-refractivity contribution is -0.0365. The first-order valence-corrected chi connectivity index (χ1v) is 7.54. The van der Waals surface area contributed by atoms with E-state index in [4.69, 9.17) is 15.0 Å². The van der Waals surface area contributed by atoms with Crippen molar-refractivity contribution in [2.45, 2.75) is 70.9 Å². The Hall–Kier alpha value is -0.940. The molecule has 2 rings (SSSR count). The number of hydrogen-bond acceptors (Lipinski definition) is 5. The Morgan fingerprint density at radius 1 is 1.20 bits per heavy atom. The largest absolute Gasteiger partial charge is 0.370 e. The minimum Gasteiger partial charge on any atom is -0.370 e. The van der Waals surface area contributed by atoms with Crippen molar-refractivity contribution in [3.05, 3.63) is 11.7 Å². The lowest BCUT2D eigenvalue weighted by Gasteiger charge is -2.27. The topological polar surface area (TPSA) is 74.2 Å². The van der Waals surface area contributed by atoms with E-state index in [0.29, 0.717) is 11.7 Å². The zero-order valence-electron chi connectivity index (χ0n) is 13.1. The molecule has 1 atom stereocenters. The molecule has 1 aliphatic rings. The third-order valence-electron chi connectivity index (χ3n) is 4.35. The summed E-state index contributed by atoms with van der Waals surface area (Å²) >= 11 is 0. The van der Waals surface area contributed by atoms with Crippen molar-refractivity contribution < 1.29 is 9.26 Å². The van der Waals surface area contributed by atoms with Gasteiger partial charge >= 0.3 is 0 Å². The van der Waals surface area contributed by atoms with E-state index >= 15 is 0 Å². The van der Waals surface area contributed by atoms with Crippen LogP contribution in [0.3, 0.4) is 0 Å². The fraction of sp³-hybridized carbons (Fsp3) is 0.867. The molecule has 114 valence electrons.